The van der Waals surface area contributed by atoms with Crippen LogP contribution in [0.1, 0.15) is 24.1 Å². The number of hydrogen-bond donors (Lipinski definition) is 0. The van der Waals surface area contributed by atoms with Gasteiger partial charge in [0, 0.05) is 31.7 Å². The molecule has 0 unspecified atom stereocenters. The molecule has 1 fully saturated rings. The first-order valence-electron chi connectivity index (χ1n) is 10.1. The number of benzene rings is 1. The van der Waals surface area contributed by atoms with Gasteiger partial charge in [-0.15, -0.1) is 5.10 Å². The number of para-hydroxylation sites is 1. The van der Waals surface area contributed by atoms with E-state index in [2.05, 4.69) is 34.3 Å². The SMILES string of the molecule is c1ccc(-n2cc3c(n2)C2(CCN(c4ccc5nccn5n4)CC2)OCC3)cc1. The molecule has 0 aliphatic carbocycles. The third-order valence-corrected chi connectivity index (χ3v) is 6.13. The third kappa shape index (κ3) is 2.73. The largest absolute Gasteiger partial charge is 0.368 e. The van der Waals surface area contributed by atoms with Gasteiger partial charge in [-0.3, -0.25) is 0 Å². The monoisotopic (exact) mass is 386 g/mol. The minimum absolute atomic E-state index is 0.288. The van der Waals surface area contributed by atoms with Gasteiger partial charge in [0.15, 0.2) is 5.65 Å². The van der Waals surface area contributed by atoms with Crippen LogP contribution in [-0.2, 0) is 16.8 Å². The number of ether oxygens (including phenoxy) is 1. The van der Waals surface area contributed by atoms with Crippen molar-refractivity contribution in [2.75, 3.05) is 24.6 Å². The Labute approximate surface area is 168 Å². The van der Waals surface area contributed by atoms with Crippen LogP contribution in [0.3, 0.4) is 0 Å². The van der Waals surface area contributed by atoms with Crippen molar-refractivity contribution in [3.63, 3.8) is 0 Å². The highest BCUT2D eigenvalue weighted by Gasteiger charge is 2.43. The lowest BCUT2D eigenvalue weighted by atomic mass is 9.84. The number of imidazole rings is 1. The Morgan fingerprint density at radius 2 is 1.83 bits per heavy atom. The lowest BCUT2D eigenvalue weighted by Crippen LogP contribution is -2.47. The van der Waals surface area contributed by atoms with Crippen molar-refractivity contribution in [1.82, 2.24) is 24.4 Å². The summed E-state index contributed by atoms with van der Waals surface area (Å²) >= 11 is 0. The summed E-state index contributed by atoms with van der Waals surface area (Å²) < 4.78 is 10.2. The van der Waals surface area contributed by atoms with Gasteiger partial charge in [-0.1, -0.05) is 18.2 Å². The molecule has 1 aromatic carbocycles. The number of aromatic nitrogens is 5. The van der Waals surface area contributed by atoms with Crippen LogP contribution in [0.15, 0.2) is 61.1 Å². The lowest BCUT2D eigenvalue weighted by Gasteiger charge is -2.43. The third-order valence-electron chi connectivity index (χ3n) is 6.13. The highest BCUT2D eigenvalue weighted by atomic mass is 16.5. The summed E-state index contributed by atoms with van der Waals surface area (Å²) in [5.41, 5.74) is 4.10. The Morgan fingerprint density at radius 1 is 0.966 bits per heavy atom. The van der Waals surface area contributed by atoms with Crippen LogP contribution in [0.2, 0.25) is 0 Å². The molecule has 6 rings (SSSR count). The zero-order chi connectivity index (χ0) is 19.3. The van der Waals surface area contributed by atoms with Crippen LogP contribution in [0.5, 0.6) is 0 Å². The van der Waals surface area contributed by atoms with E-state index in [9.17, 15) is 0 Å². The van der Waals surface area contributed by atoms with Crippen molar-refractivity contribution in [2.45, 2.75) is 24.9 Å². The first-order valence-corrected chi connectivity index (χ1v) is 10.1. The molecule has 0 radical (unpaired) electrons. The molecule has 3 aromatic heterocycles. The molecule has 4 aromatic rings. The average molecular weight is 386 g/mol. The maximum atomic E-state index is 6.39. The van der Waals surface area contributed by atoms with Crippen LogP contribution >= 0.6 is 0 Å². The second-order valence-electron chi connectivity index (χ2n) is 7.78. The van der Waals surface area contributed by atoms with E-state index >= 15 is 0 Å². The molecule has 0 saturated carbocycles. The second-order valence-corrected chi connectivity index (χ2v) is 7.78. The Balaban J connectivity index is 1.28. The fourth-order valence-electron chi connectivity index (χ4n) is 4.57. The summed E-state index contributed by atoms with van der Waals surface area (Å²) in [7, 11) is 0. The minimum atomic E-state index is -0.288. The van der Waals surface area contributed by atoms with E-state index in [4.69, 9.17) is 14.9 Å². The van der Waals surface area contributed by atoms with Gasteiger partial charge >= 0.3 is 0 Å². The summed E-state index contributed by atoms with van der Waals surface area (Å²) in [5, 5.41) is 9.67. The quantitative estimate of drug-likeness (QED) is 0.530. The van der Waals surface area contributed by atoms with E-state index in [1.165, 1.54) is 5.56 Å². The maximum Gasteiger partial charge on any atom is 0.153 e. The molecule has 0 atom stereocenters. The Bertz CT molecular complexity index is 1160. The van der Waals surface area contributed by atoms with Gasteiger partial charge in [-0.25, -0.2) is 14.2 Å². The van der Waals surface area contributed by atoms with Gasteiger partial charge in [0.2, 0.25) is 0 Å². The number of hydrogen-bond acceptors (Lipinski definition) is 5. The summed E-state index contributed by atoms with van der Waals surface area (Å²) in [5.74, 6) is 0.983. The predicted molar refractivity (Wildman–Crippen MR) is 109 cm³/mol. The summed E-state index contributed by atoms with van der Waals surface area (Å²) in [6.45, 7) is 2.54. The fraction of sp³-hybridized carbons (Fsp3) is 0.318. The maximum absolute atomic E-state index is 6.39. The van der Waals surface area contributed by atoms with Crippen molar-refractivity contribution in [2.24, 2.45) is 0 Å². The molecule has 0 bridgehead atoms. The van der Waals surface area contributed by atoms with Crippen molar-refractivity contribution in [3.05, 3.63) is 72.3 Å². The van der Waals surface area contributed by atoms with Crippen molar-refractivity contribution >= 4 is 11.5 Å². The molecule has 146 valence electrons. The first-order chi connectivity index (χ1) is 14.3. The average Bonchev–Trinajstić information content (AvgIpc) is 3.42. The molecule has 0 amide bonds. The van der Waals surface area contributed by atoms with Crippen molar-refractivity contribution < 1.29 is 4.74 Å². The Kier molecular flexibility index (Phi) is 3.70. The van der Waals surface area contributed by atoms with E-state index in [0.29, 0.717) is 0 Å². The fourth-order valence-corrected chi connectivity index (χ4v) is 4.57. The molecule has 1 saturated heterocycles. The second kappa shape index (κ2) is 6.42. The zero-order valence-corrected chi connectivity index (χ0v) is 16.1. The Morgan fingerprint density at radius 3 is 2.69 bits per heavy atom. The number of rotatable bonds is 2. The highest BCUT2D eigenvalue weighted by Crippen LogP contribution is 2.41. The van der Waals surface area contributed by atoms with E-state index in [1.807, 2.05) is 39.7 Å². The molecule has 2 aliphatic rings. The van der Waals surface area contributed by atoms with Gasteiger partial charge < -0.3 is 9.64 Å². The minimum Gasteiger partial charge on any atom is -0.368 e. The zero-order valence-electron chi connectivity index (χ0n) is 16.1. The molecule has 2 aliphatic heterocycles. The highest BCUT2D eigenvalue weighted by molar-refractivity contribution is 5.46. The molecule has 29 heavy (non-hydrogen) atoms. The molecule has 5 heterocycles. The van der Waals surface area contributed by atoms with Gasteiger partial charge in [0.25, 0.3) is 0 Å². The number of fused-ring (bicyclic) bond motifs is 3. The molecule has 0 N–H and O–H groups in total. The Hall–Kier alpha value is -3.19. The van der Waals surface area contributed by atoms with Gasteiger partial charge in [0.1, 0.15) is 11.4 Å². The molecule has 7 heteroatoms. The molecular formula is C22H22N6O. The van der Waals surface area contributed by atoms with Gasteiger partial charge in [-0.05, 0) is 49.1 Å². The standard InChI is InChI=1S/C22H22N6O/c1-2-4-18(5-3-1)28-16-17-8-15-29-22(21(17)25-28)9-12-26(13-10-22)20-7-6-19-23-11-14-27(19)24-20/h1-7,11,14,16H,8-10,12-13,15H2. The number of anilines is 1. The van der Waals surface area contributed by atoms with Crippen LogP contribution in [0.4, 0.5) is 5.82 Å². The van der Waals surface area contributed by atoms with Gasteiger partial charge in [-0.2, -0.15) is 5.10 Å². The normalized spacial score (nSPS) is 18.3. The predicted octanol–water partition coefficient (Wildman–Crippen LogP) is 2.98. The smallest absolute Gasteiger partial charge is 0.153 e. The number of nitrogens with zero attached hydrogens (tertiary/aromatic N) is 6. The van der Waals surface area contributed by atoms with Crippen molar-refractivity contribution in [3.8, 4) is 5.69 Å². The van der Waals surface area contributed by atoms with E-state index in [-0.39, 0.29) is 5.60 Å². The van der Waals surface area contributed by atoms with Crippen LogP contribution < -0.4 is 4.90 Å². The van der Waals surface area contributed by atoms with E-state index < -0.39 is 0 Å². The van der Waals surface area contributed by atoms with Gasteiger partial charge in [0.05, 0.1) is 18.0 Å². The lowest BCUT2D eigenvalue weighted by molar-refractivity contribution is -0.0797. The van der Waals surface area contributed by atoms with E-state index in [0.717, 1.165) is 61.8 Å². The van der Waals surface area contributed by atoms with Crippen molar-refractivity contribution in [1.29, 1.82) is 0 Å². The summed E-state index contributed by atoms with van der Waals surface area (Å²) in [4.78, 5) is 6.61. The van der Waals surface area contributed by atoms with Crippen LogP contribution in [0.25, 0.3) is 11.3 Å². The molecular weight excluding hydrogens is 364 g/mol. The molecule has 7 nitrogen and oxygen atoms in total. The summed E-state index contributed by atoms with van der Waals surface area (Å²) in [6, 6.07) is 14.4. The van der Waals surface area contributed by atoms with Crippen LogP contribution in [0, 0.1) is 0 Å². The van der Waals surface area contributed by atoms with E-state index in [1.54, 1.807) is 6.20 Å². The first kappa shape index (κ1) is 16.7. The molecule has 1 spiro atoms. The number of piperidine rings is 1. The van der Waals surface area contributed by atoms with Crippen LogP contribution in [-0.4, -0.2) is 44.1 Å². The summed E-state index contributed by atoms with van der Waals surface area (Å²) in [6.07, 6.45) is 8.59. The topological polar surface area (TPSA) is 60.5 Å².